The summed E-state index contributed by atoms with van der Waals surface area (Å²) in [4.78, 5) is 18.7. The molecule has 0 atom stereocenters. The molecule has 0 radical (unpaired) electrons. The van der Waals surface area contributed by atoms with Gasteiger partial charge in [-0.15, -0.1) is 0 Å². The normalized spacial score (nSPS) is 13.2. The lowest BCUT2D eigenvalue weighted by atomic mass is 10.1. The number of nitrogens with one attached hydrogen (secondary N) is 1. The molecule has 3 aromatic rings. The summed E-state index contributed by atoms with van der Waals surface area (Å²) in [5, 5.41) is 7.44. The van der Waals surface area contributed by atoms with E-state index < -0.39 is 0 Å². The van der Waals surface area contributed by atoms with Crippen LogP contribution in [0.1, 0.15) is 24.1 Å². The van der Waals surface area contributed by atoms with Crippen LogP contribution in [0, 0.1) is 5.82 Å². The van der Waals surface area contributed by atoms with Gasteiger partial charge in [0.15, 0.2) is 0 Å². The molecular weight excluding hydrogens is 437 g/mol. The fourth-order valence-electron chi connectivity index (χ4n) is 3.50. The van der Waals surface area contributed by atoms with Gasteiger partial charge in [0.1, 0.15) is 10.4 Å². The number of carbonyl (C=O) groups is 1. The molecule has 3 heterocycles. The highest BCUT2D eigenvalue weighted by Crippen LogP contribution is 2.29. The third-order valence-corrected chi connectivity index (χ3v) is 5.43. The number of pyridine rings is 1. The Morgan fingerprint density at radius 1 is 1.17 bits per heavy atom. The maximum absolute atomic E-state index is 13.2. The topological polar surface area (TPSA) is 63.1 Å². The molecule has 1 aliphatic rings. The third-order valence-electron chi connectivity index (χ3n) is 4.96. The fraction of sp³-hybridized carbons (Fsp3) is 0.286. The number of rotatable bonds is 5. The van der Waals surface area contributed by atoms with Gasteiger partial charge in [0.05, 0.1) is 23.3 Å². The first-order valence-electron chi connectivity index (χ1n) is 9.60. The van der Waals surface area contributed by atoms with E-state index in [1.165, 1.54) is 12.1 Å². The van der Waals surface area contributed by atoms with Gasteiger partial charge < -0.3 is 5.32 Å². The van der Waals surface area contributed by atoms with Gasteiger partial charge in [-0.2, -0.15) is 5.10 Å². The van der Waals surface area contributed by atoms with Gasteiger partial charge in [-0.3, -0.25) is 4.90 Å². The minimum atomic E-state index is -0.283. The number of urea groups is 1. The highest BCUT2D eigenvalue weighted by molar-refractivity contribution is 9.10. The average molecular weight is 458 g/mol. The minimum Gasteiger partial charge on any atom is -0.338 e. The molecule has 4 rings (SSSR count). The molecule has 29 heavy (non-hydrogen) atoms. The average Bonchev–Trinajstić information content (AvgIpc) is 3.17. The maximum atomic E-state index is 13.2. The summed E-state index contributed by atoms with van der Waals surface area (Å²) in [5.41, 5.74) is 3.72. The zero-order chi connectivity index (χ0) is 20.2. The molecule has 0 unspecified atom stereocenters. The van der Waals surface area contributed by atoms with Crippen molar-refractivity contribution in [3.8, 4) is 5.69 Å². The molecule has 0 spiro atoms. The van der Waals surface area contributed by atoms with Crippen LogP contribution >= 0.6 is 15.9 Å². The van der Waals surface area contributed by atoms with Crippen molar-refractivity contribution in [2.24, 2.45) is 0 Å². The maximum Gasteiger partial charge on any atom is 0.321 e. The predicted octanol–water partition coefficient (Wildman–Crippen LogP) is 4.26. The first-order valence-corrected chi connectivity index (χ1v) is 10.4. The van der Waals surface area contributed by atoms with Gasteiger partial charge in [-0.25, -0.2) is 18.9 Å². The van der Waals surface area contributed by atoms with Crippen LogP contribution in [0.2, 0.25) is 0 Å². The third kappa shape index (κ3) is 4.48. The summed E-state index contributed by atoms with van der Waals surface area (Å²) in [6, 6.07) is 10.0. The number of hydrogen-bond acceptors (Lipinski definition) is 3. The SMILES string of the molecule is O=C(NCCCc1ccc(Br)nc1)N1CCCc2c1cnn2-c1ccc(F)cc1. The van der Waals surface area contributed by atoms with Crippen molar-refractivity contribution in [2.75, 3.05) is 18.0 Å². The van der Waals surface area contributed by atoms with Crippen molar-refractivity contribution in [1.29, 1.82) is 0 Å². The standard InChI is InChI=1S/C21H21BrFN5O/c22-20-10-5-15(13-25-20)3-1-11-24-21(29)27-12-2-4-18-19(27)14-26-28(18)17-8-6-16(23)7-9-17/h5-10,13-14H,1-4,11-12H2,(H,24,29). The Kier molecular flexibility index (Phi) is 5.89. The molecule has 0 fully saturated rings. The Bertz CT molecular complexity index is 987. The minimum absolute atomic E-state index is 0.112. The van der Waals surface area contributed by atoms with Crippen LogP contribution < -0.4 is 10.2 Å². The Hall–Kier alpha value is -2.74. The number of halogens is 2. The first-order chi connectivity index (χ1) is 14.1. The smallest absolute Gasteiger partial charge is 0.321 e. The van der Waals surface area contributed by atoms with Crippen molar-refractivity contribution >= 4 is 27.6 Å². The molecule has 2 aromatic heterocycles. The number of aryl methyl sites for hydroxylation is 1. The second kappa shape index (κ2) is 8.73. The van der Waals surface area contributed by atoms with Crippen LogP contribution in [0.5, 0.6) is 0 Å². The van der Waals surface area contributed by atoms with Crippen LogP contribution in [0.15, 0.2) is 53.4 Å². The molecule has 1 aromatic carbocycles. The molecular formula is C21H21BrFN5O. The van der Waals surface area contributed by atoms with E-state index in [4.69, 9.17) is 0 Å². The molecule has 1 N–H and O–H groups in total. The number of carbonyl (C=O) groups excluding carboxylic acids is 1. The van der Waals surface area contributed by atoms with Gasteiger partial charge in [0.2, 0.25) is 0 Å². The number of nitrogens with zero attached hydrogens (tertiary/aromatic N) is 4. The van der Waals surface area contributed by atoms with Gasteiger partial charge in [0, 0.05) is 19.3 Å². The molecule has 0 bridgehead atoms. The Labute approximate surface area is 176 Å². The zero-order valence-electron chi connectivity index (χ0n) is 15.8. The largest absolute Gasteiger partial charge is 0.338 e. The Morgan fingerprint density at radius 3 is 2.76 bits per heavy atom. The second-order valence-corrected chi connectivity index (χ2v) is 7.76. The van der Waals surface area contributed by atoms with E-state index in [0.29, 0.717) is 13.1 Å². The van der Waals surface area contributed by atoms with Gasteiger partial charge >= 0.3 is 6.03 Å². The number of anilines is 1. The van der Waals surface area contributed by atoms with Gasteiger partial charge in [-0.05, 0) is 77.5 Å². The van der Waals surface area contributed by atoms with Crippen LogP contribution in [0.25, 0.3) is 5.69 Å². The van der Waals surface area contributed by atoms with Crippen LogP contribution in [0.3, 0.4) is 0 Å². The number of benzene rings is 1. The number of fused-ring (bicyclic) bond motifs is 1. The summed E-state index contributed by atoms with van der Waals surface area (Å²) < 4.78 is 15.8. The highest BCUT2D eigenvalue weighted by atomic mass is 79.9. The molecule has 6 nitrogen and oxygen atoms in total. The molecule has 0 aliphatic carbocycles. The van der Waals surface area contributed by atoms with E-state index in [0.717, 1.165) is 52.9 Å². The fourth-order valence-corrected chi connectivity index (χ4v) is 3.74. The van der Waals surface area contributed by atoms with Crippen molar-refractivity contribution in [3.63, 3.8) is 0 Å². The molecule has 2 amide bonds. The lowest BCUT2D eigenvalue weighted by Crippen LogP contribution is -2.43. The van der Waals surface area contributed by atoms with E-state index in [1.54, 1.807) is 27.9 Å². The first kappa shape index (κ1) is 19.6. The zero-order valence-corrected chi connectivity index (χ0v) is 17.4. The lowest BCUT2D eigenvalue weighted by Gasteiger charge is -2.27. The van der Waals surface area contributed by atoms with Gasteiger partial charge in [0.25, 0.3) is 0 Å². The highest BCUT2D eigenvalue weighted by Gasteiger charge is 2.26. The summed E-state index contributed by atoms with van der Waals surface area (Å²) >= 11 is 3.33. The summed E-state index contributed by atoms with van der Waals surface area (Å²) in [6.07, 6.45) is 6.93. The van der Waals surface area contributed by atoms with E-state index >= 15 is 0 Å². The van der Waals surface area contributed by atoms with Crippen LogP contribution in [-0.2, 0) is 12.8 Å². The van der Waals surface area contributed by atoms with Crippen molar-refractivity contribution < 1.29 is 9.18 Å². The van der Waals surface area contributed by atoms with Crippen LogP contribution in [0.4, 0.5) is 14.9 Å². The predicted molar refractivity (Wildman–Crippen MR) is 113 cm³/mol. The van der Waals surface area contributed by atoms with E-state index in [2.05, 4.69) is 31.3 Å². The van der Waals surface area contributed by atoms with Crippen LogP contribution in [-0.4, -0.2) is 33.9 Å². The quantitative estimate of drug-likeness (QED) is 0.459. The van der Waals surface area contributed by atoms with E-state index in [-0.39, 0.29) is 11.8 Å². The number of amides is 2. The Balaban J connectivity index is 1.38. The van der Waals surface area contributed by atoms with Crippen molar-refractivity contribution in [3.05, 3.63) is 70.5 Å². The molecule has 8 heteroatoms. The number of aromatic nitrogens is 3. The van der Waals surface area contributed by atoms with Gasteiger partial charge in [-0.1, -0.05) is 6.07 Å². The monoisotopic (exact) mass is 457 g/mol. The summed E-state index contributed by atoms with van der Waals surface area (Å²) in [5.74, 6) is -0.283. The summed E-state index contributed by atoms with van der Waals surface area (Å²) in [7, 11) is 0. The van der Waals surface area contributed by atoms with E-state index in [1.807, 2.05) is 18.3 Å². The van der Waals surface area contributed by atoms with Crippen molar-refractivity contribution in [2.45, 2.75) is 25.7 Å². The second-order valence-electron chi connectivity index (χ2n) is 6.94. The lowest BCUT2D eigenvalue weighted by molar-refractivity contribution is 0.245. The molecule has 0 saturated carbocycles. The van der Waals surface area contributed by atoms with E-state index in [9.17, 15) is 9.18 Å². The molecule has 1 aliphatic heterocycles. The Morgan fingerprint density at radius 2 is 2.00 bits per heavy atom. The molecule has 150 valence electrons. The molecule has 0 saturated heterocycles. The number of hydrogen-bond donors (Lipinski definition) is 1. The summed E-state index contributed by atoms with van der Waals surface area (Å²) in [6.45, 7) is 1.25. The van der Waals surface area contributed by atoms with Crippen molar-refractivity contribution in [1.82, 2.24) is 20.1 Å².